The number of nitrogens with zero attached hydrogens (tertiary/aromatic N) is 5. The lowest BCUT2D eigenvalue weighted by Crippen LogP contribution is -2.46. The molecule has 1 atom stereocenters. The van der Waals surface area contributed by atoms with Crippen LogP contribution in [-0.2, 0) is 0 Å². The fourth-order valence-electron chi connectivity index (χ4n) is 5.22. The lowest BCUT2D eigenvalue weighted by Gasteiger charge is -2.40. The second kappa shape index (κ2) is 9.62. The van der Waals surface area contributed by atoms with Gasteiger partial charge in [0, 0.05) is 16.3 Å². The summed E-state index contributed by atoms with van der Waals surface area (Å²) >= 11 is 12.4. The first-order chi connectivity index (χ1) is 19.5. The van der Waals surface area contributed by atoms with E-state index in [4.69, 9.17) is 38.3 Å². The number of halogens is 3. The van der Waals surface area contributed by atoms with Crippen LogP contribution in [0.25, 0.3) is 5.69 Å². The van der Waals surface area contributed by atoms with Crippen molar-refractivity contribution in [2.45, 2.75) is 13.0 Å². The molecule has 5 aromatic rings. The van der Waals surface area contributed by atoms with E-state index in [9.17, 15) is 4.39 Å². The fraction of sp³-hybridized carbons (Fsp3) is 0.0645. The van der Waals surface area contributed by atoms with Gasteiger partial charge in [-0.05, 0) is 67.1 Å². The molecule has 0 saturated heterocycles. The number of aliphatic imine (C=N–C) groups is 2. The van der Waals surface area contributed by atoms with Crippen molar-refractivity contribution in [3.05, 3.63) is 130 Å². The molecule has 0 amide bonds. The van der Waals surface area contributed by atoms with Crippen molar-refractivity contribution in [1.82, 2.24) is 9.78 Å². The Morgan fingerprint density at radius 3 is 2.38 bits per heavy atom. The van der Waals surface area contributed by atoms with Gasteiger partial charge in [-0.1, -0.05) is 65.7 Å². The van der Waals surface area contributed by atoms with Crippen molar-refractivity contribution in [3.8, 4) is 5.69 Å². The topological polar surface area (TPSA) is 57.8 Å². The summed E-state index contributed by atoms with van der Waals surface area (Å²) in [7, 11) is 0. The summed E-state index contributed by atoms with van der Waals surface area (Å²) in [5.41, 5.74) is 6.03. The van der Waals surface area contributed by atoms with Crippen LogP contribution < -0.4 is 10.2 Å². The van der Waals surface area contributed by atoms with Crippen LogP contribution in [0.4, 0.5) is 27.3 Å². The molecule has 0 radical (unpaired) electrons. The second-order valence-electron chi connectivity index (χ2n) is 9.53. The fourth-order valence-corrected chi connectivity index (χ4v) is 5.52. The molecule has 0 fully saturated rings. The number of anilines is 2. The zero-order valence-corrected chi connectivity index (χ0v) is 22.7. The number of rotatable bonds is 3. The van der Waals surface area contributed by atoms with E-state index in [1.54, 1.807) is 6.07 Å². The Morgan fingerprint density at radius 1 is 0.850 bits per heavy atom. The Bertz CT molecular complexity index is 1830. The number of hydrogen-bond acceptors (Lipinski definition) is 5. The van der Waals surface area contributed by atoms with Crippen LogP contribution >= 0.6 is 23.2 Å². The maximum atomic E-state index is 13.9. The van der Waals surface area contributed by atoms with Gasteiger partial charge in [0.25, 0.3) is 0 Å². The first kappa shape index (κ1) is 24.6. The van der Waals surface area contributed by atoms with Gasteiger partial charge < -0.3 is 10.2 Å². The van der Waals surface area contributed by atoms with Crippen LogP contribution in [0, 0.1) is 12.7 Å². The molecule has 7 rings (SSSR count). The zero-order valence-electron chi connectivity index (χ0n) is 21.2. The van der Waals surface area contributed by atoms with E-state index in [-0.39, 0.29) is 11.1 Å². The highest BCUT2D eigenvalue weighted by atomic mass is 35.5. The van der Waals surface area contributed by atoms with Crippen molar-refractivity contribution < 1.29 is 4.39 Å². The molecule has 1 aromatic heterocycles. The Hall–Kier alpha value is -4.46. The van der Waals surface area contributed by atoms with Crippen LogP contribution in [0.3, 0.4) is 0 Å². The number of fused-ring (bicyclic) bond motifs is 4. The van der Waals surface area contributed by atoms with Crippen LogP contribution in [-0.4, -0.2) is 21.5 Å². The summed E-state index contributed by atoms with van der Waals surface area (Å²) in [6.07, 6.45) is 0. The van der Waals surface area contributed by atoms with Gasteiger partial charge in [0.15, 0.2) is 17.5 Å². The second-order valence-corrected chi connectivity index (χ2v) is 10.4. The standard InChI is InChI=1S/C31H21Cl2FN6/c1-18-27-28(19-11-13-20(32)14-12-19)39-26-10-6-5-9-25(26)36-29(35-21-15-16-24(34)23(33)17-21)31(39)37-30(27)40(38-18)22-7-3-2-4-8-22/h2-17,28H,1H3,(H,35,36)/t28-/m0/s1. The number of nitrogens with one attached hydrogen (secondary N) is 1. The van der Waals surface area contributed by atoms with Gasteiger partial charge >= 0.3 is 0 Å². The lowest BCUT2D eigenvalue weighted by atomic mass is 9.93. The Kier molecular flexibility index (Phi) is 5.91. The van der Waals surface area contributed by atoms with Gasteiger partial charge in [-0.25, -0.2) is 19.1 Å². The molecule has 196 valence electrons. The van der Waals surface area contributed by atoms with Crippen LogP contribution in [0.1, 0.15) is 22.9 Å². The molecule has 2 aliphatic rings. The molecule has 9 heteroatoms. The molecule has 0 aliphatic carbocycles. The third-order valence-electron chi connectivity index (χ3n) is 7.01. The summed E-state index contributed by atoms with van der Waals surface area (Å²) in [4.78, 5) is 12.3. The van der Waals surface area contributed by atoms with Crippen molar-refractivity contribution in [2.75, 3.05) is 10.2 Å². The quantitative estimate of drug-likeness (QED) is 0.238. The third kappa shape index (κ3) is 4.06. The first-order valence-corrected chi connectivity index (χ1v) is 13.4. The highest BCUT2D eigenvalue weighted by Gasteiger charge is 2.41. The highest BCUT2D eigenvalue weighted by molar-refractivity contribution is 6.51. The van der Waals surface area contributed by atoms with Crippen molar-refractivity contribution in [3.63, 3.8) is 0 Å². The minimum Gasteiger partial charge on any atom is -0.337 e. The van der Waals surface area contributed by atoms with Crippen LogP contribution in [0.2, 0.25) is 10.0 Å². The summed E-state index contributed by atoms with van der Waals surface area (Å²) < 4.78 is 15.8. The summed E-state index contributed by atoms with van der Waals surface area (Å²) in [6, 6.07) is 29.9. The van der Waals surface area contributed by atoms with Gasteiger partial charge in [-0.2, -0.15) is 5.10 Å². The summed E-state index contributed by atoms with van der Waals surface area (Å²) in [6.45, 7) is 2.01. The van der Waals surface area contributed by atoms with E-state index in [2.05, 4.69) is 10.2 Å². The largest absolute Gasteiger partial charge is 0.337 e. The van der Waals surface area contributed by atoms with E-state index in [1.165, 1.54) is 12.1 Å². The number of aromatic nitrogens is 2. The number of aryl methyl sites for hydroxylation is 1. The molecule has 0 unspecified atom stereocenters. The van der Waals surface area contributed by atoms with Crippen LogP contribution in [0.5, 0.6) is 0 Å². The SMILES string of the molecule is Cc1nn(-c2ccccc2)c2c1[C@H](c1ccc(Cl)cc1)N1C(=N2)C(Nc2ccc(F)c(Cl)c2)=Nc2ccccc21. The highest BCUT2D eigenvalue weighted by Crippen LogP contribution is 2.48. The number of benzene rings is 4. The van der Waals surface area contributed by atoms with Gasteiger partial charge in [-0.15, -0.1) is 0 Å². The molecule has 2 aliphatic heterocycles. The van der Waals surface area contributed by atoms with Gasteiger partial charge in [0.1, 0.15) is 5.82 Å². The molecule has 40 heavy (non-hydrogen) atoms. The van der Waals surface area contributed by atoms with E-state index in [0.717, 1.165) is 33.9 Å². The van der Waals surface area contributed by atoms with Gasteiger partial charge in [-0.3, -0.25) is 0 Å². The maximum absolute atomic E-state index is 13.9. The zero-order chi connectivity index (χ0) is 27.4. The molecule has 4 aromatic carbocycles. The van der Waals surface area contributed by atoms with Crippen molar-refractivity contribution >= 4 is 57.8 Å². The van der Waals surface area contributed by atoms with E-state index in [1.807, 2.05) is 90.5 Å². The molecule has 3 heterocycles. The first-order valence-electron chi connectivity index (χ1n) is 12.7. The smallest absolute Gasteiger partial charge is 0.179 e. The predicted octanol–water partition coefficient (Wildman–Crippen LogP) is 8.42. The minimum atomic E-state index is -0.491. The molecular weight excluding hydrogens is 546 g/mol. The van der Waals surface area contributed by atoms with E-state index < -0.39 is 5.82 Å². The Balaban J connectivity index is 1.49. The normalized spacial score (nSPS) is 15.5. The number of amidine groups is 2. The van der Waals surface area contributed by atoms with Gasteiger partial charge in [0.05, 0.1) is 33.8 Å². The maximum Gasteiger partial charge on any atom is 0.179 e. The molecule has 0 spiro atoms. The monoisotopic (exact) mass is 566 g/mol. The van der Waals surface area contributed by atoms with Crippen LogP contribution in [0.15, 0.2) is 107 Å². The van der Waals surface area contributed by atoms with Gasteiger partial charge in [0.2, 0.25) is 0 Å². The van der Waals surface area contributed by atoms with E-state index >= 15 is 0 Å². The molecule has 6 nitrogen and oxygen atoms in total. The minimum absolute atomic E-state index is 0.0170. The summed E-state index contributed by atoms with van der Waals surface area (Å²) in [5, 5.41) is 8.95. The van der Waals surface area contributed by atoms with E-state index in [0.29, 0.717) is 28.2 Å². The predicted molar refractivity (Wildman–Crippen MR) is 160 cm³/mol. The Labute approximate surface area is 240 Å². The average molecular weight is 567 g/mol. The number of para-hydroxylation sites is 3. The van der Waals surface area contributed by atoms with Crippen molar-refractivity contribution in [1.29, 1.82) is 0 Å². The van der Waals surface area contributed by atoms with Crippen molar-refractivity contribution in [2.24, 2.45) is 9.98 Å². The molecule has 1 N–H and O–H groups in total. The third-order valence-corrected chi connectivity index (χ3v) is 7.55. The Morgan fingerprint density at radius 2 is 1.60 bits per heavy atom. The summed E-state index contributed by atoms with van der Waals surface area (Å²) in [5.74, 6) is 1.32. The molecule has 0 saturated carbocycles. The number of hydrogen-bond donors (Lipinski definition) is 1. The lowest BCUT2D eigenvalue weighted by molar-refractivity contribution is 0.628. The molecule has 0 bridgehead atoms. The molecular formula is C31H21Cl2FN6. The average Bonchev–Trinajstić information content (AvgIpc) is 3.31.